The van der Waals surface area contributed by atoms with Crippen molar-refractivity contribution in [2.24, 2.45) is 10.8 Å². The summed E-state index contributed by atoms with van der Waals surface area (Å²) in [7, 11) is 0. The minimum Gasteiger partial charge on any atom is -0.298 e. The summed E-state index contributed by atoms with van der Waals surface area (Å²) in [5.41, 5.74) is -3.06. The monoisotopic (exact) mass is 391 g/mol. The number of nitrogens with zero attached hydrogens (tertiary/aromatic N) is 4. The highest BCUT2D eigenvalue weighted by Gasteiger charge is 2.69. The fraction of sp³-hybridized carbons (Fsp3) is 0.200. The molecule has 3 rings (SSSR count). The van der Waals surface area contributed by atoms with Crippen molar-refractivity contribution in [1.82, 2.24) is 5.32 Å². The Bertz CT molecular complexity index is 954. The van der Waals surface area contributed by atoms with Gasteiger partial charge in [0.2, 0.25) is 0 Å². The van der Waals surface area contributed by atoms with Crippen LogP contribution in [0.2, 0.25) is 10.0 Å². The average Bonchev–Trinajstić information content (AvgIpc) is 2.99. The molecule has 130 valence electrons. The zero-order valence-electron chi connectivity index (χ0n) is 13.8. The van der Waals surface area contributed by atoms with Crippen molar-refractivity contribution in [3.63, 3.8) is 0 Å². The molecule has 27 heavy (non-hydrogen) atoms. The third kappa shape index (κ3) is 2.46. The summed E-state index contributed by atoms with van der Waals surface area (Å²) < 4.78 is 0. The van der Waals surface area contributed by atoms with Gasteiger partial charge in [0.05, 0.1) is 36.4 Å². The van der Waals surface area contributed by atoms with Gasteiger partial charge in [-0.3, -0.25) is 5.32 Å². The van der Waals surface area contributed by atoms with E-state index in [1.165, 1.54) is 0 Å². The number of benzene rings is 2. The van der Waals surface area contributed by atoms with Gasteiger partial charge < -0.3 is 0 Å². The normalized spacial score (nSPS) is 22.0. The number of nitrogens with one attached hydrogen (secondary N) is 1. The zero-order chi connectivity index (χ0) is 19.7. The maximum absolute atomic E-state index is 9.98. The first-order valence-corrected chi connectivity index (χ1v) is 8.67. The van der Waals surface area contributed by atoms with Crippen LogP contribution in [0.1, 0.15) is 23.2 Å². The van der Waals surface area contributed by atoms with Crippen molar-refractivity contribution in [1.29, 1.82) is 21.0 Å². The molecule has 1 aliphatic rings. The highest BCUT2D eigenvalue weighted by atomic mass is 35.5. The van der Waals surface area contributed by atoms with Gasteiger partial charge in [0.25, 0.3) is 0 Å². The number of halogens is 2. The topological polar surface area (TPSA) is 107 Å². The van der Waals surface area contributed by atoms with Crippen molar-refractivity contribution in [2.75, 3.05) is 0 Å². The molecule has 0 aromatic heterocycles. The van der Waals surface area contributed by atoms with E-state index in [1.807, 2.05) is 24.3 Å². The van der Waals surface area contributed by atoms with E-state index in [0.29, 0.717) is 21.2 Å². The number of hydrogen-bond acceptors (Lipinski definition) is 5. The molecule has 2 atom stereocenters. The molecule has 1 fully saturated rings. The van der Waals surface area contributed by atoms with E-state index in [-0.39, 0.29) is 0 Å². The minimum atomic E-state index is -1.99. The number of rotatable bonds is 2. The van der Waals surface area contributed by atoms with Crippen LogP contribution < -0.4 is 5.32 Å². The van der Waals surface area contributed by atoms with E-state index < -0.39 is 22.9 Å². The Morgan fingerprint density at radius 1 is 0.667 bits per heavy atom. The third-order valence-electron chi connectivity index (χ3n) is 4.96. The molecule has 0 aliphatic carbocycles. The molecular weight excluding hydrogens is 381 g/mol. The molecule has 2 aromatic carbocycles. The SMILES string of the molecule is N#CC1(C#N)[C@H](c2ccccc2Cl)N[C@@H](c2ccccc2Cl)C1(C#N)C#N. The van der Waals surface area contributed by atoms with Crippen molar-refractivity contribution in [3.05, 3.63) is 69.7 Å². The maximum Gasteiger partial charge on any atom is 0.196 e. The molecule has 0 bridgehead atoms. The fourth-order valence-corrected chi connectivity index (χ4v) is 4.09. The van der Waals surface area contributed by atoms with Crippen molar-refractivity contribution in [3.8, 4) is 24.3 Å². The molecule has 1 aliphatic heterocycles. The van der Waals surface area contributed by atoms with E-state index in [9.17, 15) is 21.0 Å². The Kier molecular flexibility index (Phi) is 4.80. The van der Waals surface area contributed by atoms with Crippen LogP contribution in [0.3, 0.4) is 0 Å². The summed E-state index contributed by atoms with van der Waals surface area (Å²) in [5.74, 6) is 0. The highest BCUT2D eigenvalue weighted by Crippen LogP contribution is 2.61. The molecule has 1 N–H and O–H groups in total. The smallest absolute Gasteiger partial charge is 0.196 e. The highest BCUT2D eigenvalue weighted by molar-refractivity contribution is 6.31. The van der Waals surface area contributed by atoms with Crippen molar-refractivity contribution < 1.29 is 0 Å². The van der Waals surface area contributed by atoms with Crippen LogP contribution in [0.4, 0.5) is 0 Å². The lowest BCUT2D eigenvalue weighted by molar-refractivity contribution is 0.311. The molecule has 1 heterocycles. The Morgan fingerprint density at radius 3 is 1.30 bits per heavy atom. The average molecular weight is 392 g/mol. The maximum atomic E-state index is 9.98. The van der Waals surface area contributed by atoms with Gasteiger partial charge >= 0.3 is 0 Å². The standard InChI is InChI=1S/C20H11Cl2N5/c21-15-7-3-1-5-13(15)17-19(9-23,10-24)20(11-25,12-26)18(27-17)14-6-2-4-8-16(14)22/h1-8,17-18,27H/t17-,18-/m0/s1. The zero-order valence-corrected chi connectivity index (χ0v) is 15.3. The first-order valence-electron chi connectivity index (χ1n) is 7.91. The van der Waals surface area contributed by atoms with Gasteiger partial charge in [-0.2, -0.15) is 21.0 Å². The largest absolute Gasteiger partial charge is 0.298 e. The first kappa shape index (κ1) is 18.7. The van der Waals surface area contributed by atoms with E-state index in [4.69, 9.17) is 23.2 Å². The Labute approximate surface area is 166 Å². The van der Waals surface area contributed by atoms with Gasteiger partial charge in [-0.25, -0.2) is 0 Å². The summed E-state index contributed by atoms with van der Waals surface area (Å²) in [6.07, 6.45) is 0. The van der Waals surface area contributed by atoms with Crippen molar-refractivity contribution >= 4 is 23.2 Å². The molecule has 1 saturated heterocycles. The summed E-state index contributed by atoms with van der Waals surface area (Å²) in [6.45, 7) is 0. The summed E-state index contributed by atoms with van der Waals surface area (Å²) >= 11 is 12.6. The summed E-state index contributed by atoms with van der Waals surface area (Å²) in [5, 5.41) is 43.7. The van der Waals surface area contributed by atoms with E-state index in [0.717, 1.165) is 0 Å². The lowest BCUT2D eigenvalue weighted by Gasteiger charge is -2.29. The van der Waals surface area contributed by atoms with Crippen LogP contribution in [0, 0.1) is 56.2 Å². The second-order valence-corrected chi connectivity index (χ2v) is 6.95. The molecule has 0 amide bonds. The third-order valence-corrected chi connectivity index (χ3v) is 5.65. The molecule has 5 nitrogen and oxygen atoms in total. The predicted molar refractivity (Wildman–Crippen MR) is 98.8 cm³/mol. The summed E-state index contributed by atoms with van der Waals surface area (Å²) in [6, 6.07) is 19.3. The quantitative estimate of drug-likeness (QED) is 0.813. The van der Waals surface area contributed by atoms with Gasteiger partial charge in [0.15, 0.2) is 10.8 Å². The fourth-order valence-electron chi connectivity index (χ4n) is 3.60. The van der Waals surface area contributed by atoms with Crippen molar-refractivity contribution in [2.45, 2.75) is 12.1 Å². The minimum absolute atomic E-state index is 0.328. The van der Waals surface area contributed by atoms with Crippen LogP contribution in [0.25, 0.3) is 0 Å². The van der Waals surface area contributed by atoms with Gasteiger partial charge in [-0.05, 0) is 23.3 Å². The Hall–Kier alpha value is -3.06. The van der Waals surface area contributed by atoms with Gasteiger partial charge in [-0.1, -0.05) is 59.6 Å². The Balaban J connectivity index is 2.34. The van der Waals surface area contributed by atoms with Crippen LogP contribution >= 0.6 is 23.2 Å². The first-order chi connectivity index (χ1) is 13.0. The van der Waals surface area contributed by atoms with E-state index in [2.05, 4.69) is 5.32 Å². The van der Waals surface area contributed by atoms with Crippen LogP contribution in [0.15, 0.2) is 48.5 Å². The molecule has 0 spiro atoms. The van der Waals surface area contributed by atoms with Gasteiger partial charge in [0, 0.05) is 10.0 Å². The molecule has 0 radical (unpaired) electrons. The molecule has 0 unspecified atom stereocenters. The lowest BCUT2D eigenvalue weighted by Crippen LogP contribution is -2.39. The van der Waals surface area contributed by atoms with Crippen LogP contribution in [0.5, 0.6) is 0 Å². The lowest BCUT2D eigenvalue weighted by atomic mass is 9.61. The van der Waals surface area contributed by atoms with E-state index in [1.54, 1.807) is 48.5 Å². The van der Waals surface area contributed by atoms with Crippen LogP contribution in [-0.4, -0.2) is 0 Å². The van der Waals surface area contributed by atoms with Gasteiger partial charge in [0.1, 0.15) is 0 Å². The predicted octanol–water partition coefficient (Wildman–Crippen LogP) is 4.45. The number of hydrogen-bond donors (Lipinski definition) is 1. The molecule has 7 heteroatoms. The molecule has 2 aromatic rings. The Morgan fingerprint density at radius 2 is 1.00 bits per heavy atom. The molecule has 0 saturated carbocycles. The second-order valence-electron chi connectivity index (χ2n) is 6.14. The second kappa shape index (κ2) is 6.92. The van der Waals surface area contributed by atoms with Crippen LogP contribution in [-0.2, 0) is 0 Å². The molecular formula is C20H11Cl2N5. The van der Waals surface area contributed by atoms with E-state index >= 15 is 0 Å². The number of nitriles is 4. The summed E-state index contributed by atoms with van der Waals surface area (Å²) in [4.78, 5) is 0. The van der Waals surface area contributed by atoms with Gasteiger partial charge in [-0.15, -0.1) is 0 Å².